The van der Waals surface area contributed by atoms with E-state index in [0.29, 0.717) is 24.7 Å². The Morgan fingerprint density at radius 1 is 1.30 bits per heavy atom. The second-order valence-electron chi connectivity index (χ2n) is 5.27. The van der Waals surface area contributed by atoms with E-state index in [9.17, 15) is 13.2 Å². The summed E-state index contributed by atoms with van der Waals surface area (Å²) in [4.78, 5) is 10.1. The van der Waals surface area contributed by atoms with Gasteiger partial charge in [-0.05, 0) is 31.7 Å². The molecule has 112 valence electrons. The zero-order valence-electron chi connectivity index (χ0n) is 11.2. The number of nitrogens with zero attached hydrogens (tertiary/aromatic N) is 3. The van der Waals surface area contributed by atoms with E-state index in [4.69, 9.17) is 5.73 Å². The van der Waals surface area contributed by atoms with E-state index in [1.807, 2.05) is 4.90 Å². The molecule has 0 radical (unpaired) electrons. The maximum atomic E-state index is 12.2. The lowest BCUT2D eigenvalue weighted by Gasteiger charge is -2.32. The molecule has 1 fully saturated rings. The normalized spacial score (nSPS) is 21.1. The number of piperidine rings is 1. The third-order valence-electron chi connectivity index (χ3n) is 3.60. The number of halogens is 3. The molecule has 1 aliphatic rings. The smallest absolute Gasteiger partial charge is 0.382 e. The van der Waals surface area contributed by atoms with Gasteiger partial charge >= 0.3 is 6.18 Å². The van der Waals surface area contributed by atoms with Crippen LogP contribution < -0.4 is 5.73 Å². The van der Waals surface area contributed by atoms with Crippen molar-refractivity contribution in [3.63, 3.8) is 0 Å². The first-order valence-corrected chi connectivity index (χ1v) is 6.78. The minimum atomic E-state index is -4.08. The van der Waals surface area contributed by atoms with Gasteiger partial charge in [0.15, 0.2) is 0 Å². The van der Waals surface area contributed by atoms with Crippen LogP contribution in [0, 0.1) is 5.92 Å². The lowest BCUT2D eigenvalue weighted by molar-refractivity contribution is -0.138. The first-order valence-electron chi connectivity index (χ1n) is 6.78. The van der Waals surface area contributed by atoms with Gasteiger partial charge in [0.1, 0.15) is 5.82 Å². The fourth-order valence-corrected chi connectivity index (χ4v) is 2.61. The number of aromatic nitrogens is 2. The predicted molar refractivity (Wildman–Crippen MR) is 70.0 cm³/mol. The number of hydrogen-bond acceptors (Lipinski definition) is 4. The van der Waals surface area contributed by atoms with Crippen molar-refractivity contribution in [2.45, 2.75) is 31.9 Å². The molecule has 1 saturated heterocycles. The second-order valence-corrected chi connectivity index (χ2v) is 5.27. The van der Waals surface area contributed by atoms with Crippen LogP contribution in [-0.4, -0.2) is 40.7 Å². The molecule has 0 aliphatic carbocycles. The van der Waals surface area contributed by atoms with Gasteiger partial charge in [-0.2, -0.15) is 13.2 Å². The molecule has 0 aromatic carbocycles. The Morgan fingerprint density at radius 2 is 2.05 bits per heavy atom. The van der Waals surface area contributed by atoms with Crippen molar-refractivity contribution in [1.82, 2.24) is 14.9 Å². The van der Waals surface area contributed by atoms with Crippen LogP contribution in [0.3, 0.4) is 0 Å². The number of hydrogen-bond donors (Lipinski definition) is 1. The molecule has 0 spiro atoms. The van der Waals surface area contributed by atoms with Gasteiger partial charge in [-0.3, -0.25) is 4.98 Å². The van der Waals surface area contributed by atoms with Gasteiger partial charge in [0.05, 0.1) is 12.1 Å². The fraction of sp³-hybridized carbons (Fsp3) is 0.692. The van der Waals surface area contributed by atoms with Crippen molar-refractivity contribution in [3.05, 3.63) is 18.1 Å². The first-order chi connectivity index (χ1) is 9.44. The van der Waals surface area contributed by atoms with E-state index in [0.717, 1.165) is 25.1 Å². The van der Waals surface area contributed by atoms with Crippen LogP contribution in [0.1, 0.15) is 25.0 Å². The molecule has 2 heterocycles. The maximum absolute atomic E-state index is 12.2. The summed E-state index contributed by atoms with van der Waals surface area (Å²) in [6.45, 7) is 1.49. The summed E-state index contributed by atoms with van der Waals surface area (Å²) in [5.74, 6) is 0.718. The van der Waals surface area contributed by atoms with Crippen LogP contribution in [-0.2, 0) is 6.42 Å². The summed E-state index contributed by atoms with van der Waals surface area (Å²) < 4.78 is 36.7. The highest BCUT2D eigenvalue weighted by atomic mass is 19.4. The maximum Gasteiger partial charge on any atom is 0.390 e. The van der Waals surface area contributed by atoms with Crippen molar-refractivity contribution in [3.8, 4) is 0 Å². The molecular weight excluding hydrogens is 269 g/mol. The predicted octanol–water partition coefficient (Wildman–Crippen LogP) is 2.27. The molecule has 1 aromatic rings. The average molecular weight is 288 g/mol. The van der Waals surface area contributed by atoms with E-state index in [-0.39, 0.29) is 6.54 Å². The molecule has 0 saturated carbocycles. The Hall–Kier alpha value is -1.37. The molecule has 20 heavy (non-hydrogen) atoms. The van der Waals surface area contributed by atoms with Gasteiger partial charge < -0.3 is 10.6 Å². The highest BCUT2D eigenvalue weighted by molar-refractivity contribution is 5.33. The number of nitrogens with two attached hydrogens (primary N) is 1. The number of rotatable bonds is 4. The third-order valence-corrected chi connectivity index (χ3v) is 3.60. The molecule has 0 bridgehead atoms. The highest BCUT2D eigenvalue weighted by Gasteiger charge is 2.29. The molecule has 7 heteroatoms. The van der Waals surface area contributed by atoms with Crippen molar-refractivity contribution in [2.24, 2.45) is 5.92 Å². The molecule has 0 amide bonds. The van der Waals surface area contributed by atoms with Crippen LogP contribution in [0.5, 0.6) is 0 Å². The SMILES string of the molecule is Nc1nccnc1C[C@H]1CCCN(CCC(F)(F)F)C1. The van der Waals surface area contributed by atoms with E-state index in [1.165, 1.54) is 6.20 Å². The molecular formula is C13H19F3N4. The summed E-state index contributed by atoms with van der Waals surface area (Å²) in [5.41, 5.74) is 6.50. The third kappa shape index (κ3) is 4.63. The van der Waals surface area contributed by atoms with E-state index in [1.54, 1.807) is 6.20 Å². The van der Waals surface area contributed by atoms with E-state index < -0.39 is 12.6 Å². The lowest BCUT2D eigenvalue weighted by Crippen LogP contribution is -2.38. The summed E-state index contributed by atoms with van der Waals surface area (Å²) in [5, 5.41) is 0. The van der Waals surface area contributed by atoms with E-state index in [2.05, 4.69) is 9.97 Å². The minimum absolute atomic E-state index is 0.0793. The van der Waals surface area contributed by atoms with Crippen LogP contribution >= 0.6 is 0 Å². The van der Waals surface area contributed by atoms with Crippen LogP contribution in [0.2, 0.25) is 0 Å². The molecule has 2 rings (SSSR count). The van der Waals surface area contributed by atoms with Gasteiger partial charge in [-0.25, -0.2) is 4.98 Å². The van der Waals surface area contributed by atoms with Gasteiger partial charge in [0.2, 0.25) is 0 Å². The van der Waals surface area contributed by atoms with Crippen molar-refractivity contribution < 1.29 is 13.2 Å². The minimum Gasteiger partial charge on any atom is -0.382 e. The topological polar surface area (TPSA) is 55.0 Å². The van der Waals surface area contributed by atoms with E-state index >= 15 is 0 Å². The zero-order valence-corrected chi connectivity index (χ0v) is 11.2. The van der Waals surface area contributed by atoms with Crippen LogP contribution in [0.25, 0.3) is 0 Å². The monoisotopic (exact) mass is 288 g/mol. The molecule has 2 N–H and O–H groups in total. The largest absolute Gasteiger partial charge is 0.390 e. The van der Waals surface area contributed by atoms with Gasteiger partial charge in [0.25, 0.3) is 0 Å². The Morgan fingerprint density at radius 3 is 2.75 bits per heavy atom. The first kappa shape index (κ1) is 15.0. The molecule has 0 unspecified atom stereocenters. The number of nitrogen functional groups attached to an aromatic ring is 1. The molecule has 1 aromatic heterocycles. The Bertz CT molecular complexity index is 436. The van der Waals surface area contributed by atoms with Crippen LogP contribution in [0.4, 0.5) is 19.0 Å². The Labute approximate surface area is 116 Å². The number of alkyl halides is 3. The number of likely N-dealkylation sites (tertiary alicyclic amines) is 1. The Balaban J connectivity index is 1.86. The highest BCUT2D eigenvalue weighted by Crippen LogP contribution is 2.24. The summed E-state index contributed by atoms with van der Waals surface area (Å²) in [7, 11) is 0. The summed E-state index contributed by atoms with van der Waals surface area (Å²) in [6, 6.07) is 0. The van der Waals surface area contributed by atoms with Crippen molar-refractivity contribution in [2.75, 3.05) is 25.4 Å². The molecule has 1 atom stereocenters. The quantitative estimate of drug-likeness (QED) is 0.923. The summed E-state index contributed by atoms with van der Waals surface area (Å²) in [6.07, 6.45) is 0.907. The zero-order chi connectivity index (χ0) is 14.6. The Kier molecular flexibility index (Phi) is 4.80. The standard InChI is InChI=1S/C13H19F3N4/c14-13(15,16)3-7-20-6-1-2-10(9-20)8-11-12(17)19-5-4-18-11/h4-5,10H,1-3,6-9H2,(H2,17,19)/t10-/m1/s1. The average Bonchev–Trinajstić information content (AvgIpc) is 2.39. The lowest BCUT2D eigenvalue weighted by atomic mass is 9.93. The van der Waals surface area contributed by atoms with Gasteiger partial charge in [-0.15, -0.1) is 0 Å². The molecule has 4 nitrogen and oxygen atoms in total. The van der Waals surface area contributed by atoms with Crippen molar-refractivity contribution in [1.29, 1.82) is 0 Å². The van der Waals surface area contributed by atoms with Gasteiger partial charge in [0, 0.05) is 25.5 Å². The number of anilines is 1. The van der Waals surface area contributed by atoms with Crippen molar-refractivity contribution >= 4 is 5.82 Å². The summed E-state index contributed by atoms with van der Waals surface area (Å²) >= 11 is 0. The molecule has 1 aliphatic heterocycles. The fourth-order valence-electron chi connectivity index (χ4n) is 2.61. The second kappa shape index (κ2) is 6.39. The van der Waals surface area contributed by atoms with Crippen LogP contribution in [0.15, 0.2) is 12.4 Å². The van der Waals surface area contributed by atoms with Gasteiger partial charge in [-0.1, -0.05) is 0 Å².